The lowest BCUT2D eigenvalue weighted by molar-refractivity contribution is -0.113. The molecule has 0 aliphatic carbocycles. The molecule has 0 unspecified atom stereocenters. The molecule has 1 aromatic carbocycles. The summed E-state index contributed by atoms with van der Waals surface area (Å²) < 4.78 is 12.4. The van der Waals surface area contributed by atoms with E-state index in [0.29, 0.717) is 38.9 Å². The molecule has 8 nitrogen and oxygen atoms in total. The Labute approximate surface area is 204 Å². The van der Waals surface area contributed by atoms with E-state index in [0.717, 1.165) is 11.3 Å². The van der Waals surface area contributed by atoms with Gasteiger partial charge < -0.3 is 14.8 Å². The summed E-state index contributed by atoms with van der Waals surface area (Å²) in [5, 5.41) is 12.9. The van der Waals surface area contributed by atoms with Gasteiger partial charge in [-0.05, 0) is 36.8 Å². The third kappa shape index (κ3) is 6.59. The highest BCUT2D eigenvalue weighted by molar-refractivity contribution is 7.99. The average Bonchev–Trinajstić information content (AvgIpc) is 3.40. The number of rotatable bonds is 11. The zero-order valence-electron chi connectivity index (χ0n) is 18.2. The van der Waals surface area contributed by atoms with Crippen LogP contribution >= 0.6 is 34.7 Å². The largest absolute Gasteiger partial charge is 0.486 e. The van der Waals surface area contributed by atoms with Gasteiger partial charge in [0.2, 0.25) is 5.91 Å². The summed E-state index contributed by atoms with van der Waals surface area (Å²) in [5.41, 5.74) is 0.356. The van der Waals surface area contributed by atoms with E-state index in [2.05, 4.69) is 22.1 Å². The van der Waals surface area contributed by atoms with Gasteiger partial charge in [0, 0.05) is 16.4 Å². The van der Waals surface area contributed by atoms with Crippen molar-refractivity contribution in [2.75, 3.05) is 18.2 Å². The number of carbonyl (C=O) groups is 2. The fourth-order valence-electron chi connectivity index (χ4n) is 2.79. The van der Waals surface area contributed by atoms with Gasteiger partial charge in [0.15, 0.2) is 11.0 Å². The van der Waals surface area contributed by atoms with Gasteiger partial charge in [-0.2, -0.15) is 0 Å². The molecule has 2 heterocycles. The highest BCUT2D eigenvalue weighted by atomic mass is 35.5. The molecule has 0 aliphatic heterocycles. The van der Waals surface area contributed by atoms with Crippen LogP contribution in [0.2, 0.25) is 5.02 Å². The average molecular weight is 507 g/mol. The van der Waals surface area contributed by atoms with Crippen molar-refractivity contribution >= 4 is 51.6 Å². The number of allylic oxidation sites excluding steroid dienone is 1. The van der Waals surface area contributed by atoms with Crippen molar-refractivity contribution in [2.45, 2.75) is 31.7 Å². The molecule has 174 valence electrons. The fourth-order valence-corrected chi connectivity index (χ4v) is 4.68. The summed E-state index contributed by atoms with van der Waals surface area (Å²) in [6, 6.07) is 8.77. The van der Waals surface area contributed by atoms with Gasteiger partial charge in [-0.3, -0.25) is 9.36 Å². The third-order valence-electron chi connectivity index (χ3n) is 4.41. The number of nitrogens with zero attached hydrogens (tertiary/aromatic N) is 3. The van der Waals surface area contributed by atoms with E-state index in [9.17, 15) is 9.59 Å². The smallest absolute Gasteiger partial charge is 0.340 e. The fraction of sp³-hybridized carbons (Fsp3) is 0.273. The Bertz CT molecular complexity index is 1130. The number of nitrogens with one attached hydrogen (secondary N) is 1. The lowest BCUT2D eigenvalue weighted by Crippen LogP contribution is -2.16. The number of thioether (sulfide) groups is 1. The van der Waals surface area contributed by atoms with Crippen LogP contribution in [0.3, 0.4) is 0 Å². The molecule has 0 aliphatic rings. The Morgan fingerprint density at radius 3 is 2.73 bits per heavy atom. The number of carbonyl (C=O) groups excluding carboxylic acids is 2. The van der Waals surface area contributed by atoms with Gasteiger partial charge in [0.1, 0.15) is 17.4 Å². The zero-order chi connectivity index (χ0) is 23.8. The number of aromatic nitrogens is 3. The first-order chi connectivity index (χ1) is 15.9. The topological polar surface area (TPSA) is 95.3 Å². The predicted octanol–water partition coefficient (Wildman–Crippen LogP) is 4.84. The van der Waals surface area contributed by atoms with Crippen molar-refractivity contribution in [1.29, 1.82) is 0 Å². The SMILES string of the molecule is C=CCn1c(COc2ccc(Cl)cc2)nnc1SCC(=O)Nc1sc(CC)cc1C(=O)OC. The second-order valence-corrected chi connectivity index (χ2v) is 9.19. The molecule has 1 N–H and O–H groups in total. The van der Waals surface area contributed by atoms with Gasteiger partial charge >= 0.3 is 5.97 Å². The molecule has 3 rings (SSSR count). The molecule has 1 amide bonds. The number of hydrogen-bond acceptors (Lipinski definition) is 8. The van der Waals surface area contributed by atoms with Crippen LogP contribution in [0.25, 0.3) is 0 Å². The molecule has 11 heteroatoms. The van der Waals surface area contributed by atoms with Gasteiger partial charge in [-0.15, -0.1) is 28.1 Å². The summed E-state index contributed by atoms with van der Waals surface area (Å²) in [6.45, 7) is 6.43. The van der Waals surface area contributed by atoms with E-state index in [1.165, 1.54) is 30.2 Å². The maximum atomic E-state index is 12.6. The monoisotopic (exact) mass is 506 g/mol. The molecule has 0 fully saturated rings. The van der Waals surface area contributed by atoms with Crippen molar-refractivity contribution in [3.05, 3.63) is 64.3 Å². The molecule has 0 bridgehead atoms. The summed E-state index contributed by atoms with van der Waals surface area (Å²) >= 11 is 8.50. The van der Waals surface area contributed by atoms with Gasteiger partial charge in [0.25, 0.3) is 0 Å². The molecule has 2 aromatic heterocycles. The molecule has 0 saturated carbocycles. The lowest BCUT2D eigenvalue weighted by atomic mass is 10.2. The van der Waals surface area contributed by atoms with E-state index >= 15 is 0 Å². The Morgan fingerprint density at radius 2 is 2.06 bits per heavy atom. The van der Waals surface area contributed by atoms with Crippen molar-refractivity contribution in [2.24, 2.45) is 0 Å². The second-order valence-electron chi connectivity index (χ2n) is 6.68. The number of thiophene rings is 1. The normalized spacial score (nSPS) is 10.6. The van der Waals surface area contributed by atoms with Crippen LogP contribution in [0.5, 0.6) is 5.75 Å². The maximum Gasteiger partial charge on any atom is 0.340 e. The van der Waals surface area contributed by atoms with Crippen LogP contribution in [0.4, 0.5) is 5.00 Å². The molecular weight excluding hydrogens is 484 g/mol. The minimum absolute atomic E-state index is 0.0906. The predicted molar refractivity (Wildman–Crippen MR) is 130 cm³/mol. The van der Waals surface area contributed by atoms with Crippen molar-refractivity contribution < 1.29 is 19.1 Å². The number of benzene rings is 1. The standard InChI is InChI=1S/C22H23ClN4O4S2/c1-4-10-27-18(12-31-15-8-6-14(23)7-9-15)25-26-22(27)32-13-19(28)24-20-17(21(29)30-3)11-16(5-2)33-20/h4,6-9,11H,1,5,10,12-13H2,2-3H3,(H,24,28). The lowest BCUT2D eigenvalue weighted by Gasteiger charge is -2.09. The Morgan fingerprint density at radius 1 is 1.30 bits per heavy atom. The van der Waals surface area contributed by atoms with Gasteiger partial charge in [0.05, 0.1) is 18.4 Å². The number of amides is 1. The number of hydrogen-bond donors (Lipinski definition) is 1. The van der Waals surface area contributed by atoms with E-state index in [-0.39, 0.29) is 18.3 Å². The van der Waals surface area contributed by atoms with Gasteiger partial charge in [-0.1, -0.05) is 36.4 Å². The molecule has 0 radical (unpaired) electrons. The summed E-state index contributed by atoms with van der Waals surface area (Å²) in [4.78, 5) is 25.6. The second kappa shape index (κ2) is 11.9. The van der Waals surface area contributed by atoms with Crippen LogP contribution in [0, 0.1) is 0 Å². The van der Waals surface area contributed by atoms with E-state index in [1.54, 1.807) is 36.4 Å². The first-order valence-electron chi connectivity index (χ1n) is 10.00. The maximum absolute atomic E-state index is 12.6. The Balaban J connectivity index is 1.64. The van der Waals surface area contributed by atoms with Crippen molar-refractivity contribution in [3.8, 4) is 5.75 Å². The van der Waals surface area contributed by atoms with Gasteiger partial charge in [-0.25, -0.2) is 4.79 Å². The highest BCUT2D eigenvalue weighted by Crippen LogP contribution is 2.30. The number of anilines is 1. The number of esters is 1. The highest BCUT2D eigenvalue weighted by Gasteiger charge is 2.19. The molecule has 33 heavy (non-hydrogen) atoms. The third-order valence-corrected chi connectivity index (χ3v) is 6.82. The summed E-state index contributed by atoms with van der Waals surface area (Å²) in [6.07, 6.45) is 2.48. The van der Waals surface area contributed by atoms with E-state index in [4.69, 9.17) is 21.1 Å². The summed E-state index contributed by atoms with van der Waals surface area (Å²) in [5.74, 6) is 0.607. The zero-order valence-corrected chi connectivity index (χ0v) is 20.6. The number of halogens is 1. The number of ether oxygens (including phenoxy) is 2. The number of methoxy groups -OCH3 is 1. The molecule has 0 atom stereocenters. The van der Waals surface area contributed by atoms with Crippen LogP contribution < -0.4 is 10.1 Å². The summed E-state index contributed by atoms with van der Waals surface area (Å²) in [7, 11) is 1.31. The minimum atomic E-state index is -0.482. The van der Waals surface area contributed by atoms with E-state index < -0.39 is 5.97 Å². The number of aryl methyl sites for hydroxylation is 1. The first kappa shape index (κ1) is 24.8. The molecule has 0 spiro atoms. The van der Waals surface area contributed by atoms with Crippen LogP contribution in [0.1, 0.15) is 28.0 Å². The Kier molecular flexibility index (Phi) is 8.93. The first-order valence-corrected chi connectivity index (χ1v) is 12.2. The minimum Gasteiger partial charge on any atom is -0.486 e. The van der Waals surface area contributed by atoms with Crippen LogP contribution in [-0.2, 0) is 29.1 Å². The molecular formula is C22H23ClN4O4S2. The van der Waals surface area contributed by atoms with Crippen LogP contribution in [0.15, 0.2) is 48.1 Å². The van der Waals surface area contributed by atoms with Crippen LogP contribution in [-0.4, -0.2) is 39.5 Å². The van der Waals surface area contributed by atoms with Crippen molar-refractivity contribution in [3.63, 3.8) is 0 Å². The molecule has 3 aromatic rings. The quantitative estimate of drug-likeness (QED) is 0.226. The Hall–Kier alpha value is -2.82. The molecule has 0 saturated heterocycles. The van der Waals surface area contributed by atoms with E-state index in [1.807, 2.05) is 11.5 Å². The van der Waals surface area contributed by atoms with Crippen molar-refractivity contribution in [1.82, 2.24) is 14.8 Å².